The summed E-state index contributed by atoms with van der Waals surface area (Å²) in [5.74, 6) is 2.60. The number of rotatable bonds is 5. The Kier molecular flexibility index (Phi) is 6.18. The van der Waals surface area contributed by atoms with Crippen molar-refractivity contribution in [1.82, 2.24) is 5.32 Å². The van der Waals surface area contributed by atoms with Crippen molar-refractivity contribution in [2.45, 2.75) is 45.6 Å². The van der Waals surface area contributed by atoms with Gasteiger partial charge in [0.15, 0.2) is 0 Å². The monoisotopic (exact) mass is 167 g/mol. The summed E-state index contributed by atoms with van der Waals surface area (Å²) in [7, 11) is 0. The van der Waals surface area contributed by atoms with Crippen LogP contribution in [0.1, 0.15) is 39.5 Å². The van der Waals surface area contributed by atoms with Crippen molar-refractivity contribution >= 4 is 5.91 Å². The molecule has 1 unspecified atom stereocenters. The van der Waals surface area contributed by atoms with Crippen LogP contribution in [0.5, 0.6) is 0 Å². The third-order valence-electron chi connectivity index (χ3n) is 1.70. The van der Waals surface area contributed by atoms with Gasteiger partial charge in [0.25, 0.3) is 0 Å². The van der Waals surface area contributed by atoms with E-state index < -0.39 is 0 Å². The fourth-order valence-corrected chi connectivity index (χ4v) is 0.865. The molecule has 1 atom stereocenters. The summed E-state index contributed by atoms with van der Waals surface area (Å²) in [6.45, 7) is 4.02. The maximum atomic E-state index is 11.1. The van der Waals surface area contributed by atoms with E-state index in [1.807, 2.05) is 6.92 Å². The maximum absolute atomic E-state index is 11.1. The molecule has 0 aromatic heterocycles. The van der Waals surface area contributed by atoms with E-state index in [0.29, 0.717) is 6.42 Å². The third kappa shape index (κ3) is 4.79. The average Bonchev–Trinajstić information content (AvgIpc) is 2.10. The number of unbranched alkanes of at least 4 members (excludes halogenated alkanes) is 1. The predicted molar refractivity (Wildman–Crippen MR) is 50.6 cm³/mol. The standard InChI is InChI=1S/C10H17NO/c1-4-7-8-10(12)11-9(5-2)6-3/h2,9H,4,6-8H2,1,3H3,(H,11,12). The molecule has 68 valence electrons. The van der Waals surface area contributed by atoms with E-state index >= 15 is 0 Å². The molecule has 0 saturated heterocycles. The first kappa shape index (κ1) is 11.0. The van der Waals surface area contributed by atoms with Gasteiger partial charge in [-0.15, -0.1) is 6.42 Å². The molecule has 1 N–H and O–H groups in total. The van der Waals surface area contributed by atoms with E-state index in [2.05, 4.69) is 18.2 Å². The molecule has 2 nitrogen and oxygen atoms in total. The number of hydrogen-bond acceptors (Lipinski definition) is 1. The van der Waals surface area contributed by atoms with Crippen LogP contribution in [0.2, 0.25) is 0 Å². The lowest BCUT2D eigenvalue weighted by atomic mass is 10.2. The van der Waals surface area contributed by atoms with Crippen LogP contribution in [-0.2, 0) is 4.79 Å². The number of hydrogen-bond donors (Lipinski definition) is 1. The van der Waals surface area contributed by atoms with Crippen molar-refractivity contribution in [2.24, 2.45) is 0 Å². The second-order valence-corrected chi connectivity index (χ2v) is 2.80. The van der Waals surface area contributed by atoms with Crippen LogP contribution in [0, 0.1) is 12.3 Å². The minimum atomic E-state index is -0.0886. The molecule has 0 bridgehead atoms. The molecule has 0 saturated carbocycles. The summed E-state index contributed by atoms with van der Waals surface area (Å²) in [5, 5.41) is 2.78. The molecule has 0 spiro atoms. The van der Waals surface area contributed by atoms with Crippen LogP contribution < -0.4 is 5.32 Å². The van der Waals surface area contributed by atoms with Gasteiger partial charge in [-0.05, 0) is 12.8 Å². The first-order valence-electron chi connectivity index (χ1n) is 4.50. The van der Waals surface area contributed by atoms with Gasteiger partial charge in [-0.25, -0.2) is 0 Å². The Hall–Kier alpha value is -0.970. The minimum Gasteiger partial charge on any atom is -0.342 e. The summed E-state index contributed by atoms with van der Waals surface area (Å²) in [6, 6.07) is -0.0886. The van der Waals surface area contributed by atoms with Gasteiger partial charge in [-0.3, -0.25) is 4.79 Å². The highest BCUT2D eigenvalue weighted by atomic mass is 16.1. The zero-order valence-corrected chi connectivity index (χ0v) is 7.89. The maximum Gasteiger partial charge on any atom is 0.220 e. The van der Waals surface area contributed by atoms with Gasteiger partial charge >= 0.3 is 0 Å². The van der Waals surface area contributed by atoms with Gasteiger partial charge in [0.2, 0.25) is 5.91 Å². The van der Waals surface area contributed by atoms with E-state index in [1.165, 1.54) is 0 Å². The zero-order chi connectivity index (χ0) is 9.40. The van der Waals surface area contributed by atoms with E-state index in [9.17, 15) is 4.79 Å². The Balaban J connectivity index is 3.61. The molecule has 0 aliphatic carbocycles. The number of nitrogens with one attached hydrogen (secondary N) is 1. The van der Waals surface area contributed by atoms with E-state index in [1.54, 1.807) is 0 Å². The first-order chi connectivity index (χ1) is 5.74. The Morgan fingerprint density at radius 3 is 2.67 bits per heavy atom. The fourth-order valence-electron chi connectivity index (χ4n) is 0.865. The lowest BCUT2D eigenvalue weighted by Gasteiger charge is -2.09. The molecule has 0 radical (unpaired) electrons. The van der Waals surface area contributed by atoms with Gasteiger partial charge in [0, 0.05) is 6.42 Å². The molecule has 0 aromatic carbocycles. The zero-order valence-electron chi connectivity index (χ0n) is 7.89. The van der Waals surface area contributed by atoms with Gasteiger partial charge in [-0.2, -0.15) is 0 Å². The van der Waals surface area contributed by atoms with E-state index in [0.717, 1.165) is 19.3 Å². The lowest BCUT2D eigenvalue weighted by molar-refractivity contribution is -0.121. The molecule has 2 heteroatoms. The van der Waals surface area contributed by atoms with Crippen molar-refractivity contribution in [3.05, 3.63) is 0 Å². The summed E-state index contributed by atoms with van der Waals surface area (Å²) in [4.78, 5) is 11.1. The predicted octanol–water partition coefficient (Wildman–Crippen LogP) is 1.70. The van der Waals surface area contributed by atoms with E-state index in [-0.39, 0.29) is 11.9 Å². The Labute approximate surface area is 74.7 Å². The lowest BCUT2D eigenvalue weighted by Crippen LogP contribution is -2.32. The summed E-state index contributed by atoms with van der Waals surface area (Å²) < 4.78 is 0. The van der Waals surface area contributed by atoms with Gasteiger partial charge in [0.05, 0.1) is 6.04 Å². The Bertz CT molecular complexity index is 169. The van der Waals surface area contributed by atoms with Crippen LogP contribution in [0.15, 0.2) is 0 Å². The van der Waals surface area contributed by atoms with Crippen LogP contribution >= 0.6 is 0 Å². The topological polar surface area (TPSA) is 29.1 Å². The number of carbonyl (C=O) groups excluding carboxylic acids is 1. The van der Waals surface area contributed by atoms with Crippen LogP contribution in [0.25, 0.3) is 0 Å². The second-order valence-electron chi connectivity index (χ2n) is 2.80. The van der Waals surface area contributed by atoms with Gasteiger partial charge < -0.3 is 5.32 Å². The highest BCUT2D eigenvalue weighted by molar-refractivity contribution is 5.76. The van der Waals surface area contributed by atoms with Crippen molar-refractivity contribution < 1.29 is 4.79 Å². The molecule has 0 fully saturated rings. The van der Waals surface area contributed by atoms with Crippen molar-refractivity contribution in [3.8, 4) is 12.3 Å². The van der Waals surface area contributed by atoms with Gasteiger partial charge in [-0.1, -0.05) is 26.2 Å². The van der Waals surface area contributed by atoms with E-state index in [4.69, 9.17) is 6.42 Å². The summed E-state index contributed by atoms with van der Waals surface area (Å²) in [6.07, 6.45) is 8.57. The van der Waals surface area contributed by atoms with Crippen LogP contribution in [0.4, 0.5) is 0 Å². The van der Waals surface area contributed by atoms with Crippen LogP contribution in [0.3, 0.4) is 0 Å². The molecule has 0 aliphatic heterocycles. The largest absolute Gasteiger partial charge is 0.342 e. The summed E-state index contributed by atoms with van der Waals surface area (Å²) >= 11 is 0. The number of carbonyl (C=O) groups is 1. The molecule has 0 aromatic rings. The molecular formula is C10H17NO. The Morgan fingerprint density at radius 2 is 2.25 bits per heavy atom. The van der Waals surface area contributed by atoms with Crippen molar-refractivity contribution in [3.63, 3.8) is 0 Å². The average molecular weight is 167 g/mol. The summed E-state index contributed by atoms with van der Waals surface area (Å²) in [5.41, 5.74) is 0. The number of amides is 1. The first-order valence-corrected chi connectivity index (χ1v) is 4.50. The quantitative estimate of drug-likeness (QED) is 0.620. The molecule has 1 amide bonds. The molecule has 0 heterocycles. The smallest absolute Gasteiger partial charge is 0.220 e. The van der Waals surface area contributed by atoms with Crippen molar-refractivity contribution in [1.29, 1.82) is 0 Å². The highest BCUT2D eigenvalue weighted by Gasteiger charge is 2.05. The van der Waals surface area contributed by atoms with Crippen molar-refractivity contribution in [2.75, 3.05) is 0 Å². The molecule has 12 heavy (non-hydrogen) atoms. The molecule has 0 aliphatic rings. The highest BCUT2D eigenvalue weighted by Crippen LogP contribution is 1.95. The van der Waals surface area contributed by atoms with Gasteiger partial charge in [0.1, 0.15) is 0 Å². The SMILES string of the molecule is C#CC(CC)NC(=O)CCCC. The normalized spacial score (nSPS) is 11.8. The van der Waals surface area contributed by atoms with Crippen LogP contribution in [-0.4, -0.2) is 11.9 Å². The fraction of sp³-hybridized carbons (Fsp3) is 0.700. The third-order valence-corrected chi connectivity index (χ3v) is 1.70. The number of terminal acetylenes is 1. The minimum absolute atomic E-state index is 0.0710. The molecular weight excluding hydrogens is 150 g/mol. The molecule has 0 rings (SSSR count). The Morgan fingerprint density at radius 1 is 1.58 bits per heavy atom. The second kappa shape index (κ2) is 6.72.